The Bertz CT molecular complexity index is 691. The first-order valence-corrected chi connectivity index (χ1v) is 8.39. The molecule has 2 unspecified atom stereocenters. The fourth-order valence-electron chi connectivity index (χ4n) is 3.35. The maximum atomic E-state index is 13.8. The first kappa shape index (κ1) is 14.3. The molecule has 1 aromatic heterocycles. The molecule has 1 aliphatic rings. The fraction of sp³-hybridized carbons (Fsp3) is 0.533. The van der Waals surface area contributed by atoms with Crippen LogP contribution in [-0.2, 0) is 0 Å². The van der Waals surface area contributed by atoms with Gasteiger partial charge in [-0.15, -0.1) is 0 Å². The zero-order valence-corrected chi connectivity index (χ0v) is 13.9. The molecular weight excluding hydrogens is 339 g/mol. The average Bonchev–Trinajstić information content (AvgIpc) is 2.74. The van der Waals surface area contributed by atoms with Crippen LogP contribution in [0, 0.1) is 16.5 Å². The number of aromatic nitrogens is 2. The van der Waals surface area contributed by atoms with E-state index in [0.29, 0.717) is 15.3 Å². The topological polar surface area (TPSA) is 20.7 Å². The zero-order valence-electron chi connectivity index (χ0n) is 11.5. The number of hydrogen-bond acceptors (Lipinski definition) is 1. The van der Waals surface area contributed by atoms with Gasteiger partial charge in [0.2, 0.25) is 0 Å². The number of halogens is 2. The van der Waals surface area contributed by atoms with Crippen molar-refractivity contribution in [1.82, 2.24) is 9.55 Å². The van der Waals surface area contributed by atoms with Gasteiger partial charge in [-0.2, -0.15) is 0 Å². The predicted octanol–water partition coefficient (Wildman–Crippen LogP) is 5.74. The summed E-state index contributed by atoms with van der Waals surface area (Å²) >= 11 is 8.69. The number of rotatable bonds is 2. The van der Waals surface area contributed by atoms with Gasteiger partial charge in [0, 0.05) is 12.1 Å². The van der Waals surface area contributed by atoms with Gasteiger partial charge in [-0.1, -0.05) is 26.2 Å². The summed E-state index contributed by atoms with van der Waals surface area (Å²) in [4.78, 5) is 3.21. The van der Waals surface area contributed by atoms with Crippen molar-refractivity contribution in [3.8, 4) is 0 Å². The van der Waals surface area contributed by atoms with Gasteiger partial charge in [-0.3, -0.25) is 0 Å². The van der Waals surface area contributed by atoms with Crippen LogP contribution in [-0.4, -0.2) is 9.55 Å². The Hall–Kier alpha value is -0.680. The van der Waals surface area contributed by atoms with Crippen LogP contribution >= 0.6 is 28.1 Å². The molecule has 0 radical (unpaired) electrons. The molecule has 2 atom stereocenters. The Balaban J connectivity index is 2.08. The number of hydrogen-bond donors (Lipinski definition) is 1. The lowest BCUT2D eigenvalue weighted by Crippen LogP contribution is -2.19. The van der Waals surface area contributed by atoms with E-state index in [1.165, 1.54) is 19.3 Å². The van der Waals surface area contributed by atoms with Crippen molar-refractivity contribution >= 4 is 39.2 Å². The largest absolute Gasteiger partial charge is 0.331 e. The molecule has 0 saturated heterocycles. The van der Waals surface area contributed by atoms with Gasteiger partial charge >= 0.3 is 0 Å². The van der Waals surface area contributed by atoms with E-state index in [2.05, 4.69) is 32.4 Å². The molecule has 0 bridgehead atoms. The highest BCUT2D eigenvalue weighted by Gasteiger charge is 2.24. The molecule has 1 aliphatic carbocycles. The van der Waals surface area contributed by atoms with Crippen molar-refractivity contribution in [2.75, 3.05) is 0 Å². The Morgan fingerprint density at radius 1 is 1.45 bits per heavy atom. The molecule has 0 spiro atoms. The first-order valence-electron chi connectivity index (χ1n) is 7.19. The minimum absolute atomic E-state index is 0.233. The zero-order chi connectivity index (χ0) is 14.3. The maximum absolute atomic E-state index is 13.8. The summed E-state index contributed by atoms with van der Waals surface area (Å²) in [5, 5.41) is 0. The van der Waals surface area contributed by atoms with E-state index in [-0.39, 0.29) is 5.82 Å². The van der Waals surface area contributed by atoms with Crippen molar-refractivity contribution in [2.24, 2.45) is 5.92 Å². The summed E-state index contributed by atoms with van der Waals surface area (Å²) in [6, 6.07) is 3.76. The number of imidazole rings is 1. The Labute approximate surface area is 131 Å². The van der Waals surface area contributed by atoms with Crippen molar-refractivity contribution in [1.29, 1.82) is 0 Å². The molecule has 0 aliphatic heterocycles. The minimum Gasteiger partial charge on any atom is -0.331 e. The second kappa shape index (κ2) is 5.60. The number of fused-ring (bicyclic) bond motifs is 1. The molecular formula is C15H18BrFN2S. The summed E-state index contributed by atoms with van der Waals surface area (Å²) in [7, 11) is 0. The van der Waals surface area contributed by atoms with E-state index < -0.39 is 0 Å². The number of aromatic amines is 1. The van der Waals surface area contributed by atoms with Crippen molar-refractivity contribution in [2.45, 2.75) is 45.1 Å². The van der Waals surface area contributed by atoms with E-state index in [0.717, 1.165) is 29.8 Å². The smallest absolute Gasteiger partial charge is 0.178 e. The summed E-state index contributed by atoms with van der Waals surface area (Å²) < 4.78 is 17.1. The predicted molar refractivity (Wildman–Crippen MR) is 86.1 cm³/mol. The van der Waals surface area contributed by atoms with E-state index >= 15 is 0 Å². The number of benzene rings is 1. The third kappa shape index (κ3) is 2.46. The monoisotopic (exact) mass is 356 g/mol. The van der Waals surface area contributed by atoms with Crippen LogP contribution < -0.4 is 0 Å². The molecule has 108 valence electrons. The first-order chi connectivity index (χ1) is 9.60. The summed E-state index contributed by atoms with van der Waals surface area (Å²) in [5.41, 5.74) is 1.79. The third-order valence-corrected chi connectivity index (χ3v) is 5.36. The van der Waals surface area contributed by atoms with Crippen molar-refractivity contribution in [3.63, 3.8) is 0 Å². The molecule has 0 amide bonds. The third-order valence-electron chi connectivity index (χ3n) is 4.46. The lowest BCUT2D eigenvalue weighted by Gasteiger charge is -2.29. The average molecular weight is 357 g/mol. The van der Waals surface area contributed by atoms with Crippen LogP contribution in [0.25, 0.3) is 11.0 Å². The van der Waals surface area contributed by atoms with Crippen LogP contribution in [0.5, 0.6) is 0 Å². The second-order valence-electron chi connectivity index (χ2n) is 5.68. The molecule has 20 heavy (non-hydrogen) atoms. The highest BCUT2D eigenvalue weighted by molar-refractivity contribution is 9.10. The summed E-state index contributed by atoms with van der Waals surface area (Å²) in [6.45, 7) is 2.25. The Morgan fingerprint density at radius 3 is 3.00 bits per heavy atom. The van der Waals surface area contributed by atoms with Crippen molar-refractivity contribution in [3.05, 3.63) is 27.2 Å². The highest BCUT2D eigenvalue weighted by Crippen LogP contribution is 2.36. The van der Waals surface area contributed by atoms with Gasteiger partial charge < -0.3 is 9.55 Å². The van der Waals surface area contributed by atoms with Gasteiger partial charge in [0.05, 0.1) is 15.5 Å². The number of H-pyrrole nitrogens is 1. The second-order valence-corrected chi connectivity index (χ2v) is 6.92. The Kier molecular flexibility index (Phi) is 4.00. The van der Waals surface area contributed by atoms with Gasteiger partial charge in [-0.25, -0.2) is 4.39 Å². The summed E-state index contributed by atoms with van der Waals surface area (Å²) in [5.74, 6) is 0.531. The van der Waals surface area contributed by atoms with Gasteiger partial charge in [0.25, 0.3) is 0 Å². The highest BCUT2D eigenvalue weighted by atomic mass is 79.9. The molecule has 5 heteroatoms. The van der Waals surface area contributed by atoms with Crippen LogP contribution in [0.2, 0.25) is 0 Å². The van der Waals surface area contributed by atoms with Gasteiger partial charge in [0.1, 0.15) is 5.82 Å². The molecule has 2 nitrogen and oxygen atoms in total. The number of nitrogens with zero attached hydrogens (tertiary/aromatic N) is 1. The molecule has 1 heterocycles. The van der Waals surface area contributed by atoms with Crippen LogP contribution in [0.3, 0.4) is 0 Å². The van der Waals surface area contributed by atoms with Crippen LogP contribution in [0.15, 0.2) is 16.6 Å². The molecule has 1 saturated carbocycles. The normalized spacial score (nSPS) is 23.4. The van der Waals surface area contributed by atoms with E-state index in [9.17, 15) is 4.39 Å². The Morgan fingerprint density at radius 2 is 2.25 bits per heavy atom. The van der Waals surface area contributed by atoms with Crippen LogP contribution in [0.4, 0.5) is 4.39 Å². The SMILES string of the molecule is CCC1CCCC(n2c(=S)[nH]c3cc(Br)c(F)cc32)C1. The molecule has 2 aromatic rings. The molecule has 1 N–H and O–H groups in total. The molecule has 1 aromatic carbocycles. The number of nitrogens with one attached hydrogen (secondary N) is 1. The summed E-state index contributed by atoms with van der Waals surface area (Å²) in [6.07, 6.45) is 6.04. The quantitative estimate of drug-likeness (QED) is 0.680. The van der Waals surface area contributed by atoms with Gasteiger partial charge in [-0.05, 0) is 53.0 Å². The lowest BCUT2D eigenvalue weighted by atomic mass is 9.84. The van der Waals surface area contributed by atoms with E-state index in [1.807, 2.05) is 0 Å². The van der Waals surface area contributed by atoms with E-state index in [4.69, 9.17) is 12.2 Å². The van der Waals surface area contributed by atoms with Crippen LogP contribution in [0.1, 0.15) is 45.1 Å². The fourth-order valence-corrected chi connectivity index (χ4v) is 4.05. The molecule has 3 rings (SSSR count). The lowest BCUT2D eigenvalue weighted by molar-refractivity contribution is 0.263. The molecule has 1 fully saturated rings. The minimum atomic E-state index is -0.233. The standard InChI is InChI=1S/C15H18BrFN2S/c1-2-9-4-3-5-10(6-9)19-14-8-12(17)11(16)7-13(14)18-15(19)20/h7-10H,2-6H2,1H3,(H,18,20). The van der Waals surface area contributed by atoms with E-state index in [1.54, 1.807) is 12.1 Å². The van der Waals surface area contributed by atoms with Gasteiger partial charge in [0.15, 0.2) is 4.77 Å². The van der Waals surface area contributed by atoms with Crippen molar-refractivity contribution < 1.29 is 4.39 Å². The maximum Gasteiger partial charge on any atom is 0.178 e.